The molecular weight excluding hydrogens is 220 g/mol. The van der Waals surface area contributed by atoms with Crippen LogP contribution in [-0.4, -0.2) is 18.8 Å². The van der Waals surface area contributed by atoms with Crippen LogP contribution >= 0.6 is 0 Å². The van der Waals surface area contributed by atoms with Gasteiger partial charge in [-0.1, -0.05) is 17.7 Å². The zero-order valence-electron chi connectivity index (χ0n) is 11.4. The summed E-state index contributed by atoms with van der Waals surface area (Å²) in [5.74, 6) is 0. The van der Waals surface area contributed by atoms with E-state index in [0.29, 0.717) is 6.04 Å². The van der Waals surface area contributed by atoms with Gasteiger partial charge in [0.15, 0.2) is 0 Å². The van der Waals surface area contributed by atoms with Gasteiger partial charge in [-0.3, -0.25) is 4.99 Å². The lowest BCUT2D eigenvalue weighted by atomic mass is 10.00. The first-order valence-corrected chi connectivity index (χ1v) is 6.73. The minimum atomic E-state index is 0.506. The van der Waals surface area contributed by atoms with E-state index in [1.165, 1.54) is 34.5 Å². The van der Waals surface area contributed by atoms with E-state index in [0.717, 1.165) is 13.0 Å². The quantitative estimate of drug-likeness (QED) is 0.733. The first kappa shape index (κ1) is 11.5. The van der Waals surface area contributed by atoms with Crippen LogP contribution in [0.5, 0.6) is 0 Å². The summed E-state index contributed by atoms with van der Waals surface area (Å²) >= 11 is 0. The molecule has 1 aromatic rings. The standard InChI is InChI=1S/C16H20N2/c1-11-4-5-16-14(10-11)7-9-18(16)15-6-8-17-13(3)12(15)2/h4-5,8,10,15H,6-7,9H2,1-3H3. The number of hydrogen-bond donors (Lipinski definition) is 0. The minimum Gasteiger partial charge on any atom is -0.364 e. The largest absolute Gasteiger partial charge is 0.364 e. The SMILES string of the molecule is CC1=C(C)C(N2CCc3cc(C)ccc32)CC=N1. The number of benzene rings is 1. The van der Waals surface area contributed by atoms with Crippen LogP contribution in [0.15, 0.2) is 34.5 Å². The van der Waals surface area contributed by atoms with Crippen molar-refractivity contribution >= 4 is 11.9 Å². The molecule has 0 saturated carbocycles. The van der Waals surface area contributed by atoms with E-state index in [1.54, 1.807) is 0 Å². The molecule has 0 bridgehead atoms. The maximum atomic E-state index is 4.43. The highest BCUT2D eigenvalue weighted by atomic mass is 15.2. The molecule has 0 aromatic heterocycles. The summed E-state index contributed by atoms with van der Waals surface area (Å²) in [6.45, 7) is 7.65. The molecule has 0 amide bonds. The van der Waals surface area contributed by atoms with Crippen molar-refractivity contribution in [1.29, 1.82) is 0 Å². The lowest BCUT2D eigenvalue weighted by molar-refractivity contribution is 0.686. The molecule has 1 aromatic carbocycles. The summed E-state index contributed by atoms with van der Waals surface area (Å²) in [5.41, 5.74) is 6.90. The summed E-state index contributed by atoms with van der Waals surface area (Å²) in [4.78, 5) is 6.98. The summed E-state index contributed by atoms with van der Waals surface area (Å²) < 4.78 is 0. The van der Waals surface area contributed by atoms with Crippen molar-refractivity contribution in [2.24, 2.45) is 4.99 Å². The van der Waals surface area contributed by atoms with Crippen LogP contribution in [0, 0.1) is 6.92 Å². The Kier molecular flexibility index (Phi) is 2.73. The van der Waals surface area contributed by atoms with Gasteiger partial charge in [-0.25, -0.2) is 0 Å². The number of hydrogen-bond acceptors (Lipinski definition) is 2. The van der Waals surface area contributed by atoms with E-state index in [9.17, 15) is 0 Å². The molecule has 94 valence electrons. The molecule has 3 rings (SSSR count). The molecule has 1 unspecified atom stereocenters. The van der Waals surface area contributed by atoms with E-state index >= 15 is 0 Å². The Bertz CT molecular complexity index is 540. The van der Waals surface area contributed by atoms with E-state index in [4.69, 9.17) is 0 Å². The van der Waals surface area contributed by atoms with Gasteiger partial charge in [0.25, 0.3) is 0 Å². The fraction of sp³-hybridized carbons (Fsp3) is 0.438. The predicted molar refractivity (Wildman–Crippen MR) is 77.5 cm³/mol. The monoisotopic (exact) mass is 240 g/mol. The second-order valence-corrected chi connectivity index (χ2v) is 5.41. The molecule has 2 aliphatic heterocycles. The fourth-order valence-corrected chi connectivity index (χ4v) is 3.05. The Morgan fingerprint density at radius 1 is 1.22 bits per heavy atom. The van der Waals surface area contributed by atoms with Crippen molar-refractivity contribution in [3.63, 3.8) is 0 Å². The minimum absolute atomic E-state index is 0.506. The second kappa shape index (κ2) is 4.27. The van der Waals surface area contributed by atoms with E-state index < -0.39 is 0 Å². The van der Waals surface area contributed by atoms with Gasteiger partial charge in [-0.2, -0.15) is 0 Å². The van der Waals surface area contributed by atoms with Crippen molar-refractivity contribution in [3.8, 4) is 0 Å². The summed E-state index contributed by atoms with van der Waals surface area (Å²) in [6.07, 6.45) is 4.28. The number of fused-ring (bicyclic) bond motifs is 1. The molecule has 0 N–H and O–H groups in total. The molecule has 18 heavy (non-hydrogen) atoms. The smallest absolute Gasteiger partial charge is 0.0569 e. The van der Waals surface area contributed by atoms with Crippen LogP contribution in [0.1, 0.15) is 31.4 Å². The Hall–Kier alpha value is -1.57. The number of aliphatic imine (C=N–C) groups is 1. The molecule has 2 heterocycles. The lowest BCUT2D eigenvalue weighted by Crippen LogP contribution is -2.36. The average molecular weight is 240 g/mol. The molecular formula is C16H20N2. The van der Waals surface area contributed by atoms with Crippen LogP contribution in [0.4, 0.5) is 5.69 Å². The van der Waals surface area contributed by atoms with Gasteiger partial charge in [0, 0.05) is 30.6 Å². The van der Waals surface area contributed by atoms with Crippen LogP contribution in [-0.2, 0) is 6.42 Å². The Balaban J connectivity index is 1.96. The van der Waals surface area contributed by atoms with E-state index in [-0.39, 0.29) is 0 Å². The van der Waals surface area contributed by atoms with Gasteiger partial charge in [-0.05, 0) is 44.4 Å². The Morgan fingerprint density at radius 2 is 2.06 bits per heavy atom. The lowest BCUT2D eigenvalue weighted by Gasteiger charge is -2.32. The van der Waals surface area contributed by atoms with E-state index in [1.807, 2.05) is 0 Å². The van der Waals surface area contributed by atoms with Crippen LogP contribution < -0.4 is 4.90 Å². The van der Waals surface area contributed by atoms with Crippen molar-refractivity contribution < 1.29 is 0 Å². The molecule has 2 aliphatic rings. The topological polar surface area (TPSA) is 15.6 Å². The Morgan fingerprint density at radius 3 is 2.89 bits per heavy atom. The number of rotatable bonds is 1. The van der Waals surface area contributed by atoms with Crippen molar-refractivity contribution in [1.82, 2.24) is 0 Å². The fourth-order valence-electron chi connectivity index (χ4n) is 3.05. The van der Waals surface area contributed by atoms with Crippen LogP contribution in [0.3, 0.4) is 0 Å². The Labute approximate surface area is 109 Å². The molecule has 0 fully saturated rings. The summed E-state index contributed by atoms with van der Waals surface area (Å²) in [7, 11) is 0. The third kappa shape index (κ3) is 1.76. The zero-order valence-corrected chi connectivity index (χ0v) is 11.4. The van der Waals surface area contributed by atoms with Gasteiger partial charge < -0.3 is 4.90 Å². The third-order valence-corrected chi connectivity index (χ3v) is 4.23. The number of allylic oxidation sites excluding steroid dienone is 1. The highest BCUT2D eigenvalue weighted by Crippen LogP contribution is 2.34. The zero-order chi connectivity index (χ0) is 12.7. The number of nitrogens with zero attached hydrogens (tertiary/aromatic N) is 2. The highest BCUT2D eigenvalue weighted by molar-refractivity contribution is 5.68. The maximum absolute atomic E-state index is 4.43. The molecule has 2 nitrogen and oxygen atoms in total. The third-order valence-electron chi connectivity index (χ3n) is 4.23. The summed E-state index contributed by atoms with van der Waals surface area (Å²) in [5, 5.41) is 0. The molecule has 0 aliphatic carbocycles. The molecule has 0 saturated heterocycles. The normalized spacial score (nSPS) is 22.6. The van der Waals surface area contributed by atoms with Crippen molar-refractivity contribution in [2.75, 3.05) is 11.4 Å². The average Bonchev–Trinajstić information content (AvgIpc) is 2.75. The first-order valence-electron chi connectivity index (χ1n) is 6.73. The highest BCUT2D eigenvalue weighted by Gasteiger charge is 2.28. The second-order valence-electron chi connectivity index (χ2n) is 5.41. The molecule has 2 heteroatoms. The predicted octanol–water partition coefficient (Wildman–Crippen LogP) is 3.49. The van der Waals surface area contributed by atoms with Crippen molar-refractivity contribution in [3.05, 3.63) is 40.6 Å². The maximum Gasteiger partial charge on any atom is 0.0569 e. The van der Waals surface area contributed by atoms with Gasteiger partial charge in [-0.15, -0.1) is 0 Å². The van der Waals surface area contributed by atoms with Gasteiger partial charge in [0.05, 0.1) is 6.04 Å². The molecule has 1 atom stereocenters. The molecule has 0 spiro atoms. The number of anilines is 1. The first-order chi connectivity index (χ1) is 8.66. The van der Waals surface area contributed by atoms with Gasteiger partial charge in [0.1, 0.15) is 0 Å². The van der Waals surface area contributed by atoms with Crippen LogP contribution in [0.2, 0.25) is 0 Å². The summed E-state index contributed by atoms with van der Waals surface area (Å²) in [6, 6.07) is 7.34. The van der Waals surface area contributed by atoms with Gasteiger partial charge >= 0.3 is 0 Å². The molecule has 0 radical (unpaired) electrons. The van der Waals surface area contributed by atoms with Crippen molar-refractivity contribution in [2.45, 2.75) is 39.7 Å². The van der Waals surface area contributed by atoms with Crippen LogP contribution in [0.25, 0.3) is 0 Å². The van der Waals surface area contributed by atoms with E-state index in [2.05, 4.69) is 55.1 Å². The van der Waals surface area contributed by atoms with Gasteiger partial charge in [0.2, 0.25) is 0 Å². The number of aryl methyl sites for hydroxylation is 1.